The lowest BCUT2D eigenvalue weighted by Gasteiger charge is -2.29. The van der Waals surface area contributed by atoms with Gasteiger partial charge in [-0.25, -0.2) is 0 Å². The van der Waals surface area contributed by atoms with Crippen molar-refractivity contribution in [1.29, 1.82) is 0 Å². The Bertz CT molecular complexity index is 407. The molecule has 0 aromatic carbocycles. The molecule has 2 unspecified atom stereocenters. The number of carbonyl (C=O) groups is 2. The lowest BCUT2D eigenvalue weighted by atomic mass is 9.83. The number of carbonyl (C=O) groups excluding carboxylic acids is 2. The first-order valence-corrected chi connectivity index (χ1v) is 8.60. The number of ether oxygens (including phenoxy) is 2. The van der Waals surface area contributed by atoms with Crippen LogP contribution in [0.5, 0.6) is 0 Å². The number of hydrogen-bond donors (Lipinski definition) is 0. The molecule has 0 aromatic rings. The van der Waals surface area contributed by atoms with Gasteiger partial charge in [0.05, 0.1) is 18.4 Å². The van der Waals surface area contributed by atoms with Crippen molar-refractivity contribution in [2.75, 3.05) is 6.61 Å². The summed E-state index contributed by atoms with van der Waals surface area (Å²) in [5.41, 5.74) is 0. The summed E-state index contributed by atoms with van der Waals surface area (Å²) in [6.07, 6.45) is 10.5. The first kappa shape index (κ1) is 17.0. The Morgan fingerprint density at radius 2 is 1.59 bits per heavy atom. The summed E-state index contributed by atoms with van der Waals surface area (Å²) >= 11 is 0. The minimum Gasteiger partial charge on any atom is -0.465 e. The van der Waals surface area contributed by atoms with E-state index in [4.69, 9.17) is 9.47 Å². The molecular weight excluding hydrogens is 280 g/mol. The van der Waals surface area contributed by atoms with Crippen molar-refractivity contribution in [3.05, 3.63) is 12.2 Å². The van der Waals surface area contributed by atoms with E-state index in [1.807, 2.05) is 26.0 Å². The Morgan fingerprint density at radius 3 is 2.18 bits per heavy atom. The molecule has 0 radical (unpaired) electrons. The fourth-order valence-corrected chi connectivity index (χ4v) is 3.13. The monoisotopic (exact) mass is 308 g/mol. The molecule has 0 bridgehead atoms. The van der Waals surface area contributed by atoms with Crippen LogP contribution in [-0.4, -0.2) is 24.6 Å². The summed E-state index contributed by atoms with van der Waals surface area (Å²) in [4.78, 5) is 24.7. The predicted molar refractivity (Wildman–Crippen MR) is 84.1 cm³/mol. The molecule has 2 rings (SSSR count). The van der Waals surface area contributed by atoms with Crippen molar-refractivity contribution in [2.24, 2.45) is 17.8 Å². The molecule has 0 N–H and O–H groups in total. The summed E-state index contributed by atoms with van der Waals surface area (Å²) in [5, 5.41) is 0. The Hall–Kier alpha value is -1.32. The third kappa shape index (κ3) is 4.85. The second-order valence-corrected chi connectivity index (χ2v) is 6.88. The average Bonchev–Trinajstić information content (AvgIpc) is 2.53. The van der Waals surface area contributed by atoms with Crippen LogP contribution in [-0.2, 0) is 19.1 Å². The molecule has 0 heterocycles. The third-order valence-electron chi connectivity index (χ3n) is 4.43. The molecule has 2 aliphatic carbocycles. The SMILES string of the molecule is CC(C)COC(=O)C1CC=CCC1C(=O)OC1CCCCC1. The van der Waals surface area contributed by atoms with Gasteiger partial charge in [0.25, 0.3) is 0 Å². The van der Waals surface area contributed by atoms with Crippen LogP contribution in [0, 0.1) is 17.8 Å². The average molecular weight is 308 g/mol. The Balaban J connectivity index is 1.92. The zero-order valence-electron chi connectivity index (χ0n) is 13.8. The van der Waals surface area contributed by atoms with Crippen molar-refractivity contribution < 1.29 is 19.1 Å². The normalized spacial score (nSPS) is 26.0. The fourth-order valence-electron chi connectivity index (χ4n) is 3.13. The molecule has 0 saturated heterocycles. The standard InChI is InChI=1S/C18H28O4/c1-13(2)12-21-17(19)15-10-6-7-11-16(15)18(20)22-14-8-4-3-5-9-14/h6-7,13-16H,3-5,8-12H2,1-2H3. The zero-order chi connectivity index (χ0) is 15.9. The molecule has 124 valence electrons. The molecule has 2 aliphatic rings. The van der Waals surface area contributed by atoms with E-state index < -0.39 is 0 Å². The minimum absolute atomic E-state index is 0.0412. The van der Waals surface area contributed by atoms with Gasteiger partial charge in [-0.2, -0.15) is 0 Å². The van der Waals surface area contributed by atoms with Gasteiger partial charge < -0.3 is 9.47 Å². The van der Waals surface area contributed by atoms with E-state index in [1.165, 1.54) is 6.42 Å². The van der Waals surface area contributed by atoms with Crippen LogP contribution >= 0.6 is 0 Å². The van der Waals surface area contributed by atoms with E-state index in [-0.39, 0.29) is 29.9 Å². The molecular formula is C18H28O4. The van der Waals surface area contributed by atoms with Crippen LogP contribution in [0.4, 0.5) is 0 Å². The Kier molecular flexibility index (Phi) is 6.47. The molecule has 4 nitrogen and oxygen atoms in total. The highest BCUT2D eigenvalue weighted by Crippen LogP contribution is 2.30. The van der Waals surface area contributed by atoms with Gasteiger partial charge >= 0.3 is 11.9 Å². The summed E-state index contributed by atoms with van der Waals surface area (Å²) in [6.45, 7) is 4.41. The summed E-state index contributed by atoms with van der Waals surface area (Å²) in [5.74, 6) is -0.950. The van der Waals surface area contributed by atoms with Gasteiger partial charge in [-0.3, -0.25) is 9.59 Å². The summed E-state index contributed by atoms with van der Waals surface area (Å²) in [7, 11) is 0. The quantitative estimate of drug-likeness (QED) is 0.575. The maximum Gasteiger partial charge on any atom is 0.310 e. The van der Waals surface area contributed by atoms with Crippen LogP contribution in [0.25, 0.3) is 0 Å². The van der Waals surface area contributed by atoms with Gasteiger partial charge in [0.2, 0.25) is 0 Å². The molecule has 2 atom stereocenters. The predicted octanol–water partition coefficient (Wildman–Crippen LogP) is 3.64. The van der Waals surface area contributed by atoms with E-state index >= 15 is 0 Å². The largest absolute Gasteiger partial charge is 0.465 e. The smallest absolute Gasteiger partial charge is 0.310 e. The molecule has 4 heteroatoms. The molecule has 0 aromatic heterocycles. The van der Waals surface area contributed by atoms with Gasteiger partial charge in [-0.05, 0) is 44.4 Å². The van der Waals surface area contributed by atoms with Gasteiger partial charge in [0, 0.05) is 0 Å². The highest BCUT2D eigenvalue weighted by molar-refractivity contribution is 5.82. The van der Waals surface area contributed by atoms with Crippen LogP contribution in [0.1, 0.15) is 58.8 Å². The second kappa shape index (κ2) is 8.35. The highest BCUT2D eigenvalue weighted by Gasteiger charge is 2.37. The fraction of sp³-hybridized carbons (Fsp3) is 0.778. The van der Waals surface area contributed by atoms with Gasteiger partial charge in [-0.15, -0.1) is 0 Å². The van der Waals surface area contributed by atoms with E-state index in [0.29, 0.717) is 25.4 Å². The van der Waals surface area contributed by atoms with E-state index in [9.17, 15) is 9.59 Å². The highest BCUT2D eigenvalue weighted by atomic mass is 16.5. The molecule has 0 aliphatic heterocycles. The second-order valence-electron chi connectivity index (χ2n) is 6.88. The van der Waals surface area contributed by atoms with Crippen LogP contribution < -0.4 is 0 Å². The molecule has 0 spiro atoms. The maximum atomic E-state index is 12.5. The third-order valence-corrected chi connectivity index (χ3v) is 4.43. The lowest BCUT2D eigenvalue weighted by Crippen LogP contribution is -2.36. The molecule has 0 amide bonds. The van der Waals surface area contributed by atoms with Crippen LogP contribution in [0.15, 0.2) is 12.2 Å². The number of allylic oxidation sites excluding steroid dienone is 2. The van der Waals surface area contributed by atoms with Crippen molar-refractivity contribution in [3.8, 4) is 0 Å². The Labute approximate surface area is 133 Å². The van der Waals surface area contributed by atoms with Gasteiger partial charge in [-0.1, -0.05) is 32.4 Å². The molecule has 1 fully saturated rings. The number of hydrogen-bond acceptors (Lipinski definition) is 4. The maximum absolute atomic E-state index is 12.5. The summed E-state index contributed by atoms with van der Waals surface area (Å²) < 4.78 is 11.0. The van der Waals surface area contributed by atoms with Crippen molar-refractivity contribution in [3.63, 3.8) is 0 Å². The van der Waals surface area contributed by atoms with Crippen molar-refractivity contribution >= 4 is 11.9 Å². The van der Waals surface area contributed by atoms with Gasteiger partial charge in [0.1, 0.15) is 6.10 Å². The van der Waals surface area contributed by atoms with E-state index in [2.05, 4.69) is 0 Å². The molecule has 1 saturated carbocycles. The number of rotatable bonds is 5. The van der Waals surface area contributed by atoms with Gasteiger partial charge in [0.15, 0.2) is 0 Å². The first-order valence-electron chi connectivity index (χ1n) is 8.60. The molecule has 22 heavy (non-hydrogen) atoms. The number of esters is 2. The topological polar surface area (TPSA) is 52.6 Å². The van der Waals surface area contributed by atoms with Crippen molar-refractivity contribution in [2.45, 2.75) is 64.9 Å². The van der Waals surface area contributed by atoms with Crippen molar-refractivity contribution in [1.82, 2.24) is 0 Å². The Morgan fingerprint density at radius 1 is 1.00 bits per heavy atom. The first-order chi connectivity index (χ1) is 10.6. The summed E-state index contributed by atoms with van der Waals surface area (Å²) in [6, 6.07) is 0. The van der Waals surface area contributed by atoms with Crippen LogP contribution in [0.2, 0.25) is 0 Å². The lowest BCUT2D eigenvalue weighted by molar-refractivity contribution is -0.165. The van der Waals surface area contributed by atoms with Crippen LogP contribution in [0.3, 0.4) is 0 Å². The minimum atomic E-state index is -0.389. The zero-order valence-corrected chi connectivity index (χ0v) is 13.8. The van der Waals surface area contributed by atoms with E-state index in [0.717, 1.165) is 25.7 Å². The van der Waals surface area contributed by atoms with E-state index in [1.54, 1.807) is 0 Å².